The van der Waals surface area contributed by atoms with Crippen molar-refractivity contribution >= 4 is 0 Å². The van der Waals surface area contributed by atoms with Crippen LogP contribution in [0.2, 0.25) is 0 Å². The van der Waals surface area contributed by atoms with Gasteiger partial charge in [-0.2, -0.15) is 0 Å². The Morgan fingerprint density at radius 2 is 1.48 bits per heavy atom. The van der Waals surface area contributed by atoms with Crippen LogP contribution in [0.25, 0.3) is 0 Å². The molecule has 1 aliphatic rings. The van der Waals surface area contributed by atoms with Crippen molar-refractivity contribution in [2.75, 3.05) is 45.9 Å². The third kappa shape index (κ3) is 9.49. The summed E-state index contributed by atoms with van der Waals surface area (Å²) >= 11 is 0. The van der Waals surface area contributed by atoms with Crippen LogP contribution in [0.4, 0.5) is 0 Å². The maximum absolute atomic E-state index is 5.78. The maximum atomic E-state index is 5.78. The monoisotopic (exact) mass is 298 g/mol. The minimum atomic E-state index is 0.694. The second-order valence-corrected chi connectivity index (χ2v) is 7.18. The number of piperazine rings is 1. The molecule has 1 aliphatic heterocycles. The van der Waals surface area contributed by atoms with Crippen molar-refractivity contribution in [3.05, 3.63) is 0 Å². The Hall–Kier alpha value is -0.120. The van der Waals surface area contributed by atoms with Crippen molar-refractivity contribution in [1.29, 1.82) is 0 Å². The highest BCUT2D eigenvalue weighted by Gasteiger charge is 2.17. The Bertz CT molecular complexity index is 235. The first-order valence-electron chi connectivity index (χ1n) is 9.13. The molecule has 126 valence electrons. The van der Waals surface area contributed by atoms with Gasteiger partial charge < -0.3 is 4.74 Å². The van der Waals surface area contributed by atoms with Crippen LogP contribution in [0.15, 0.2) is 0 Å². The van der Waals surface area contributed by atoms with E-state index in [-0.39, 0.29) is 0 Å². The third-order valence-corrected chi connectivity index (χ3v) is 4.51. The molecule has 3 heteroatoms. The van der Waals surface area contributed by atoms with E-state index in [4.69, 9.17) is 4.74 Å². The van der Waals surface area contributed by atoms with Gasteiger partial charge in [-0.05, 0) is 26.2 Å². The first-order valence-corrected chi connectivity index (χ1v) is 9.13. The SMILES string of the molecule is CC(C)CCCCCCOCCN1CCN(C(C)C)CC1. The van der Waals surface area contributed by atoms with Gasteiger partial charge in [-0.25, -0.2) is 0 Å². The first-order chi connectivity index (χ1) is 10.1. The van der Waals surface area contributed by atoms with Crippen LogP contribution >= 0.6 is 0 Å². The summed E-state index contributed by atoms with van der Waals surface area (Å²) in [6.07, 6.45) is 6.71. The zero-order valence-electron chi connectivity index (χ0n) is 14.9. The zero-order valence-corrected chi connectivity index (χ0v) is 14.9. The Morgan fingerprint density at radius 1 is 0.810 bits per heavy atom. The number of hydrogen-bond acceptors (Lipinski definition) is 3. The molecular formula is C18H38N2O. The van der Waals surface area contributed by atoms with Crippen molar-refractivity contribution in [1.82, 2.24) is 9.80 Å². The van der Waals surface area contributed by atoms with E-state index >= 15 is 0 Å². The molecule has 0 N–H and O–H groups in total. The molecule has 0 bridgehead atoms. The Kier molecular flexibility index (Phi) is 10.3. The largest absolute Gasteiger partial charge is 0.380 e. The van der Waals surface area contributed by atoms with E-state index in [0.717, 1.165) is 25.7 Å². The minimum absolute atomic E-state index is 0.694. The quantitative estimate of drug-likeness (QED) is 0.542. The smallest absolute Gasteiger partial charge is 0.0593 e. The van der Waals surface area contributed by atoms with Crippen LogP contribution in [-0.2, 0) is 4.74 Å². The van der Waals surface area contributed by atoms with E-state index in [1.807, 2.05) is 0 Å². The van der Waals surface area contributed by atoms with Gasteiger partial charge in [0.1, 0.15) is 0 Å². The standard InChI is InChI=1S/C18H38N2O/c1-17(2)9-7-5-6-8-15-21-16-14-19-10-12-20(13-11-19)18(3)4/h17-18H,5-16H2,1-4H3. The summed E-state index contributed by atoms with van der Waals surface area (Å²) in [4.78, 5) is 5.11. The molecule has 1 heterocycles. The highest BCUT2D eigenvalue weighted by Crippen LogP contribution is 2.09. The van der Waals surface area contributed by atoms with E-state index in [9.17, 15) is 0 Å². The van der Waals surface area contributed by atoms with Crippen LogP contribution in [0.1, 0.15) is 59.8 Å². The lowest BCUT2D eigenvalue weighted by Gasteiger charge is -2.36. The Balaban J connectivity index is 1.85. The van der Waals surface area contributed by atoms with Crippen molar-refractivity contribution in [3.8, 4) is 0 Å². The van der Waals surface area contributed by atoms with Gasteiger partial charge in [0.25, 0.3) is 0 Å². The van der Waals surface area contributed by atoms with Gasteiger partial charge in [0, 0.05) is 45.4 Å². The number of hydrogen-bond donors (Lipinski definition) is 0. The predicted molar refractivity (Wildman–Crippen MR) is 91.9 cm³/mol. The van der Waals surface area contributed by atoms with Crippen LogP contribution in [0, 0.1) is 5.92 Å². The van der Waals surface area contributed by atoms with E-state index in [2.05, 4.69) is 37.5 Å². The fourth-order valence-corrected chi connectivity index (χ4v) is 2.91. The summed E-state index contributed by atoms with van der Waals surface area (Å²) in [6.45, 7) is 17.0. The number of nitrogens with zero attached hydrogens (tertiary/aromatic N) is 2. The number of unbranched alkanes of at least 4 members (excludes halogenated alkanes) is 3. The Labute approximate surface area is 133 Å². The highest BCUT2D eigenvalue weighted by atomic mass is 16.5. The van der Waals surface area contributed by atoms with Crippen LogP contribution in [-0.4, -0.2) is 61.8 Å². The van der Waals surface area contributed by atoms with Gasteiger partial charge in [0.05, 0.1) is 6.61 Å². The first kappa shape index (κ1) is 18.9. The molecule has 0 radical (unpaired) electrons. The highest BCUT2D eigenvalue weighted by molar-refractivity contribution is 4.73. The summed E-state index contributed by atoms with van der Waals surface area (Å²) in [7, 11) is 0. The summed E-state index contributed by atoms with van der Waals surface area (Å²) in [5.41, 5.74) is 0. The van der Waals surface area contributed by atoms with Gasteiger partial charge >= 0.3 is 0 Å². The molecule has 0 atom stereocenters. The average molecular weight is 299 g/mol. The molecule has 0 spiro atoms. The lowest BCUT2D eigenvalue weighted by molar-refractivity contribution is 0.0652. The van der Waals surface area contributed by atoms with Crippen molar-refractivity contribution in [2.24, 2.45) is 5.92 Å². The third-order valence-electron chi connectivity index (χ3n) is 4.51. The van der Waals surface area contributed by atoms with E-state index in [1.165, 1.54) is 58.3 Å². The summed E-state index contributed by atoms with van der Waals surface area (Å²) in [6, 6.07) is 0.694. The van der Waals surface area contributed by atoms with Gasteiger partial charge in [0.2, 0.25) is 0 Å². The van der Waals surface area contributed by atoms with Crippen LogP contribution in [0.3, 0.4) is 0 Å². The topological polar surface area (TPSA) is 15.7 Å². The molecule has 0 aliphatic carbocycles. The summed E-state index contributed by atoms with van der Waals surface area (Å²) < 4.78 is 5.78. The molecule has 1 rings (SSSR count). The maximum Gasteiger partial charge on any atom is 0.0593 e. The molecule has 0 aromatic heterocycles. The van der Waals surface area contributed by atoms with Crippen LogP contribution in [0.5, 0.6) is 0 Å². The van der Waals surface area contributed by atoms with E-state index < -0.39 is 0 Å². The molecule has 21 heavy (non-hydrogen) atoms. The van der Waals surface area contributed by atoms with Crippen LogP contribution < -0.4 is 0 Å². The summed E-state index contributed by atoms with van der Waals surface area (Å²) in [5.74, 6) is 0.859. The lowest BCUT2D eigenvalue weighted by Crippen LogP contribution is -2.49. The molecule has 0 aromatic carbocycles. The fourth-order valence-electron chi connectivity index (χ4n) is 2.91. The van der Waals surface area contributed by atoms with Gasteiger partial charge in [-0.1, -0.05) is 39.5 Å². The average Bonchev–Trinajstić information content (AvgIpc) is 2.45. The fraction of sp³-hybridized carbons (Fsp3) is 1.00. The van der Waals surface area contributed by atoms with E-state index in [1.54, 1.807) is 0 Å². The van der Waals surface area contributed by atoms with Gasteiger partial charge in [-0.3, -0.25) is 9.80 Å². The van der Waals surface area contributed by atoms with E-state index in [0.29, 0.717) is 6.04 Å². The lowest BCUT2D eigenvalue weighted by atomic mass is 10.0. The molecule has 0 aromatic rings. The molecule has 0 saturated carbocycles. The molecule has 0 unspecified atom stereocenters. The van der Waals surface area contributed by atoms with Crippen molar-refractivity contribution in [2.45, 2.75) is 65.8 Å². The van der Waals surface area contributed by atoms with Gasteiger partial charge in [0.15, 0.2) is 0 Å². The molecular weight excluding hydrogens is 260 g/mol. The normalized spacial score (nSPS) is 18.0. The molecule has 1 saturated heterocycles. The molecule has 3 nitrogen and oxygen atoms in total. The summed E-state index contributed by atoms with van der Waals surface area (Å²) in [5, 5.41) is 0. The van der Waals surface area contributed by atoms with Crippen molar-refractivity contribution < 1.29 is 4.74 Å². The molecule has 1 fully saturated rings. The minimum Gasteiger partial charge on any atom is -0.380 e. The van der Waals surface area contributed by atoms with Crippen molar-refractivity contribution in [3.63, 3.8) is 0 Å². The second kappa shape index (κ2) is 11.4. The predicted octanol–water partition coefficient (Wildman–Crippen LogP) is 3.64. The number of ether oxygens (including phenoxy) is 1. The Morgan fingerprint density at radius 3 is 2.10 bits per heavy atom. The second-order valence-electron chi connectivity index (χ2n) is 7.18. The number of rotatable bonds is 11. The zero-order chi connectivity index (χ0) is 15.5. The molecule has 0 amide bonds. The van der Waals surface area contributed by atoms with Gasteiger partial charge in [-0.15, -0.1) is 0 Å².